The van der Waals surface area contributed by atoms with Crippen molar-refractivity contribution in [2.45, 2.75) is 143 Å². The summed E-state index contributed by atoms with van der Waals surface area (Å²) in [6.07, 6.45) is 3.10. The molecule has 0 aliphatic carbocycles. The number of nitrogens with zero attached hydrogens (tertiary/aromatic N) is 1. The first kappa shape index (κ1) is 29.4. The van der Waals surface area contributed by atoms with Crippen LogP contribution in [-0.2, 0) is 18.5 Å². The SMILES string of the molecule is CC(C)C[C@@H]1[C@@H](O[Si](C)(C)C(C)(C)C)CC=C(B2OC(C)(C)C(C)(C)O2)N1C(=O)OC(C)(C)C. The molecule has 0 bridgehead atoms. The summed E-state index contributed by atoms with van der Waals surface area (Å²) >= 11 is 0. The van der Waals surface area contributed by atoms with E-state index < -0.39 is 32.2 Å². The molecule has 2 rings (SSSR count). The molecule has 0 aromatic carbocycles. The Labute approximate surface area is 210 Å². The lowest BCUT2D eigenvalue weighted by molar-refractivity contribution is -0.0000137. The molecule has 0 spiro atoms. The Hall–Kier alpha value is -0.828. The molecule has 6 nitrogen and oxygen atoms in total. The van der Waals surface area contributed by atoms with Gasteiger partial charge in [-0.2, -0.15) is 0 Å². The summed E-state index contributed by atoms with van der Waals surface area (Å²) in [4.78, 5) is 15.5. The summed E-state index contributed by atoms with van der Waals surface area (Å²) in [5.41, 5.74) is -0.887. The van der Waals surface area contributed by atoms with Crippen molar-refractivity contribution in [3.63, 3.8) is 0 Å². The van der Waals surface area contributed by atoms with Crippen LogP contribution < -0.4 is 0 Å². The quantitative estimate of drug-likeness (QED) is 0.387. The summed E-state index contributed by atoms with van der Waals surface area (Å²) in [7, 11) is -2.70. The molecule has 0 aromatic rings. The van der Waals surface area contributed by atoms with Crippen LogP contribution in [0.2, 0.25) is 18.1 Å². The highest BCUT2D eigenvalue weighted by atomic mass is 28.4. The van der Waals surface area contributed by atoms with Gasteiger partial charge in [0.25, 0.3) is 0 Å². The number of amides is 1. The van der Waals surface area contributed by atoms with Crippen LogP contribution in [0.5, 0.6) is 0 Å². The Bertz CT molecular complexity index is 763. The Morgan fingerprint density at radius 1 is 1.12 bits per heavy atom. The molecular weight excluding hydrogens is 445 g/mol. The topological polar surface area (TPSA) is 57.2 Å². The lowest BCUT2D eigenvalue weighted by Crippen LogP contribution is -2.57. The average molecular weight is 496 g/mol. The van der Waals surface area contributed by atoms with Crippen LogP contribution in [-0.4, -0.2) is 55.4 Å². The minimum Gasteiger partial charge on any atom is -0.443 e. The van der Waals surface area contributed by atoms with Gasteiger partial charge in [0.05, 0.1) is 28.9 Å². The van der Waals surface area contributed by atoms with Crippen molar-refractivity contribution >= 4 is 21.5 Å². The maximum Gasteiger partial charge on any atom is 0.512 e. The van der Waals surface area contributed by atoms with E-state index in [9.17, 15) is 4.79 Å². The zero-order valence-electron chi connectivity index (χ0n) is 24.3. The molecular formula is C26H50BNO5Si. The molecule has 0 aromatic heterocycles. The summed E-state index contributed by atoms with van der Waals surface area (Å²) in [6.45, 7) is 29.5. The van der Waals surface area contributed by atoms with Gasteiger partial charge >= 0.3 is 13.2 Å². The number of ether oxygens (including phenoxy) is 1. The fraction of sp³-hybridized carbons (Fsp3) is 0.885. The van der Waals surface area contributed by atoms with Crippen molar-refractivity contribution in [1.82, 2.24) is 4.90 Å². The van der Waals surface area contributed by atoms with Gasteiger partial charge in [-0.3, -0.25) is 4.90 Å². The van der Waals surface area contributed by atoms with Gasteiger partial charge in [-0.15, -0.1) is 0 Å². The molecule has 2 aliphatic rings. The fourth-order valence-corrected chi connectivity index (χ4v) is 5.36. The van der Waals surface area contributed by atoms with Crippen molar-refractivity contribution < 1.29 is 23.3 Å². The van der Waals surface area contributed by atoms with Crippen LogP contribution >= 0.6 is 0 Å². The maximum atomic E-state index is 13.7. The minimum atomic E-state index is -2.07. The Kier molecular flexibility index (Phi) is 8.27. The number of hydrogen-bond donors (Lipinski definition) is 0. The van der Waals surface area contributed by atoms with E-state index in [0.717, 1.165) is 12.0 Å². The lowest BCUT2D eigenvalue weighted by Gasteiger charge is -2.47. The molecule has 196 valence electrons. The third kappa shape index (κ3) is 6.48. The second-order valence-electron chi connectivity index (χ2n) is 13.9. The van der Waals surface area contributed by atoms with Gasteiger partial charge in [0.1, 0.15) is 5.60 Å². The number of rotatable bonds is 5. The predicted molar refractivity (Wildman–Crippen MR) is 142 cm³/mol. The van der Waals surface area contributed by atoms with Crippen molar-refractivity contribution in [2.75, 3.05) is 0 Å². The van der Waals surface area contributed by atoms with Gasteiger partial charge in [-0.1, -0.05) is 40.7 Å². The molecule has 34 heavy (non-hydrogen) atoms. The monoisotopic (exact) mass is 495 g/mol. The fourth-order valence-electron chi connectivity index (χ4n) is 4.00. The number of carbonyl (C=O) groups is 1. The highest BCUT2D eigenvalue weighted by Gasteiger charge is 2.56. The van der Waals surface area contributed by atoms with Gasteiger partial charge in [0.2, 0.25) is 0 Å². The molecule has 1 amide bonds. The summed E-state index contributed by atoms with van der Waals surface area (Å²) in [6, 6.07) is -0.164. The van der Waals surface area contributed by atoms with Gasteiger partial charge in [-0.05, 0) is 85.4 Å². The molecule has 0 N–H and O–H groups in total. The smallest absolute Gasteiger partial charge is 0.443 e. The first-order chi connectivity index (χ1) is 15.1. The first-order valence-corrected chi connectivity index (χ1v) is 15.7. The van der Waals surface area contributed by atoms with E-state index in [0.29, 0.717) is 12.3 Å². The summed E-state index contributed by atoms with van der Waals surface area (Å²) < 4.78 is 25.6. The van der Waals surface area contributed by atoms with Gasteiger partial charge < -0.3 is 18.5 Å². The third-order valence-electron chi connectivity index (χ3n) is 7.65. The number of hydrogen-bond acceptors (Lipinski definition) is 5. The van der Waals surface area contributed by atoms with Crippen molar-refractivity contribution in [3.8, 4) is 0 Å². The van der Waals surface area contributed by atoms with E-state index in [1.54, 1.807) is 4.90 Å². The standard InChI is InChI=1S/C26H50BNO5Si/c1-18(2)17-19-20(31-34(13,14)24(6,7)8)15-16-21(28(19)22(29)30-23(3,4)5)27-32-25(9,10)26(11,12)33-27/h16,18-20H,15,17H2,1-14H3/t19-,20+/m1/s1. The van der Waals surface area contributed by atoms with Crippen LogP contribution in [0.3, 0.4) is 0 Å². The molecule has 1 saturated heterocycles. The van der Waals surface area contributed by atoms with Crippen LogP contribution in [0.4, 0.5) is 4.79 Å². The third-order valence-corrected chi connectivity index (χ3v) is 12.2. The molecule has 2 aliphatic heterocycles. The molecule has 2 atom stereocenters. The van der Waals surface area contributed by atoms with Crippen LogP contribution in [0.25, 0.3) is 0 Å². The van der Waals surface area contributed by atoms with Crippen molar-refractivity contribution in [1.29, 1.82) is 0 Å². The van der Waals surface area contributed by atoms with Gasteiger partial charge in [0, 0.05) is 0 Å². The van der Waals surface area contributed by atoms with E-state index in [-0.39, 0.29) is 23.3 Å². The highest BCUT2D eigenvalue weighted by molar-refractivity contribution is 6.74. The normalized spacial score (nSPS) is 25.6. The van der Waals surface area contributed by atoms with E-state index in [4.69, 9.17) is 18.5 Å². The van der Waals surface area contributed by atoms with Gasteiger partial charge in [0.15, 0.2) is 8.32 Å². The molecule has 0 saturated carbocycles. The lowest BCUT2D eigenvalue weighted by atomic mass is 9.77. The largest absolute Gasteiger partial charge is 0.512 e. The van der Waals surface area contributed by atoms with Crippen LogP contribution in [0, 0.1) is 5.92 Å². The average Bonchev–Trinajstić information content (AvgIpc) is 2.80. The van der Waals surface area contributed by atoms with E-state index in [1.165, 1.54) is 0 Å². The summed E-state index contributed by atoms with van der Waals surface area (Å²) in [5.74, 6) is 0.373. The van der Waals surface area contributed by atoms with E-state index >= 15 is 0 Å². The van der Waals surface area contributed by atoms with Crippen molar-refractivity contribution in [3.05, 3.63) is 11.7 Å². The summed E-state index contributed by atoms with van der Waals surface area (Å²) in [5, 5.41) is 0.0713. The maximum absolute atomic E-state index is 13.7. The van der Waals surface area contributed by atoms with E-state index in [2.05, 4.69) is 53.8 Å². The Morgan fingerprint density at radius 2 is 1.62 bits per heavy atom. The van der Waals surface area contributed by atoms with Gasteiger partial charge in [-0.25, -0.2) is 4.79 Å². The molecule has 1 fully saturated rings. The van der Waals surface area contributed by atoms with Crippen LogP contribution in [0.1, 0.15) is 95.9 Å². The zero-order valence-corrected chi connectivity index (χ0v) is 25.3. The predicted octanol–water partition coefficient (Wildman–Crippen LogP) is 6.95. The molecule has 8 heteroatoms. The van der Waals surface area contributed by atoms with E-state index in [1.807, 2.05) is 48.5 Å². The second-order valence-corrected chi connectivity index (χ2v) is 18.7. The number of carbonyl (C=O) groups excluding carboxylic acids is 1. The highest BCUT2D eigenvalue weighted by Crippen LogP contribution is 2.44. The Morgan fingerprint density at radius 3 is 2.03 bits per heavy atom. The van der Waals surface area contributed by atoms with Crippen molar-refractivity contribution in [2.24, 2.45) is 5.92 Å². The molecule has 0 radical (unpaired) electrons. The van der Waals surface area contributed by atoms with Crippen LogP contribution in [0.15, 0.2) is 11.7 Å². The molecule has 2 heterocycles. The molecule has 0 unspecified atom stereocenters. The Balaban J connectivity index is 2.54. The minimum absolute atomic E-state index is 0.0713. The first-order valence-electron chi connectivity index (χ1n) is 12.8. The second kappa shape index (κ2) is 9.56. The zero-order chi connectivity index (χ0) is 26.5.